The largest absolute Gasteiger partial charge is 0.494 e. The minimum atomic E-state index is 0.421. The van der Waals surface area contributed by atoms with Gasteiger partial charge < -0.3 is 10.1 Å². The van der Waals surface area contributed by atoms with E-state index >= 15 is 0 Å². The lowest BCUT2D eigenvalue weighted by Crippen LogP contribution is -2.19. The van der Waals surface area contributed by atoms with E-state index in [9.17, 15) is 0 Å². The van der Waals surface area contributed by atoms with Gasteiger partial charge in [-0.05, 0) is 42.8 Å². The molecule has 0 heterocycles. The molecule has 2 atom stereocenters. The minimum absolute atomic E-state index is 0.421. The number of ether oxygens (including phenoxy) is 1. The van der Waals surface area contributed by atoms with Gasteiger partial charge in [-0.3, -0.25) is 0 Å². The number of nitrogens with one attached hydrogen (secondary N) is 1. The standard InChI is InChI=1S/C17H29NOS/c1-5-11-19-16-9-7-15(8-10-16)17(18-4)13-20-12-14(3)6-2/h7-10,14,17-18H,5-6,11-13H2,1-4H3. The molecule has 0 saturated carbocycles. The van der Waals surface area contributed by atoms with Gasteiger partial charge in [0.2, 0.25) is 0 Å². The lowest BCUT2D eigenvalue weighted by Gasteiger charge is -2.18. The van der Waals surface area contributed by atoms with Crippen LogP contribution in [0, 0.1) is 5.92 Å². The maximum atomic E-state index is 5.63. The van der Waals surface area contributed by atoms with Crippen LogP contribution >= 0.6 is 11.8 Å². The molecule has 1 aromatic carbocycles. The first-order valence-corrected chi connectivity index (χ1v) is 8.84. The number of hydrogen-bond acceptors (Lipinski definition) is 3. The van der Waals surface area contributed by atoms with Crippen molar-refractivity contribution in [3.8, 4) is 5.75 Å². The molecule has 0 aromatic heterocycles. The molecular weight excluding hydrogens is 266 g/mol. The summed E-state index contributed by atoms with van der Waals surface area (Å²) in [6.45, 7) is 7.50. The molecule has 2 unspecified atom stereocenters. The fourth-order valence-electron chi connectivity index (χ4n) is 1.87. The van der Waals surface area contributed by atoms with Gasteiger partial charge in [-0.25, -0.2) is 0 Å². The number of hydrogen-bond donors (Lipinski definition) is 1. The second-order valence-electron chi connectivity index (χ2n) is 5.31. The summed E-state index contributed by atoms with van der Waals surface area (Å²) in [5.74, 6) is 4.14. The van der Waals surface area contributed by atoms with Crippen molar-refractivity contribution < 1.29 is 4.74 Å². The highest BCUT2D eigenvalue weighted by Crippen LogP contribution is 2.22. The summed E-state index contributed by atoms with van der Waals surface area (Å²) in [6.07, 6.45) is 2.31. The van der Waals surface area contributed by atoms with Crippen LogP contribution in [0.4, 0.5) is 0 Å². The second-order valence-corrected chi connectivity index (χ2v) is 6.38. The van der Waals surface area contributed by atoms with Crippen LogP contribution in [0.3, 0.4) is 0 Å². The Bertz CT molecular complexity index is 353. The van der Waals surface area contributed by atoms with E-state index in [1.165, 1.54) is 17.7 Å². The Morgan fingerprint density at radius 3 is 2.40 bits per heavy atom. The van der Waals surface area contributed by atoms with Crippen LogP contribution in [0.25, 0.3) is 0 Å². The molecule has 0 aliphatic rings. The van der Waals surface area contributed by atoms with E-state index in [4.69, 9.17) is 4.74 Å². The molecule has 0 aliphatic heterocycles. The van der Waals surface area contributed by atoms with E-state index in [-0.39, 0.29) is 0 Å². The van der Waals surface area contributed by atoms with Crippen molar-refractivity contribution in [3.05, 3.63) is 29.8 Å². The van der Waals surface area contributed by atoms with E-state index in [1.54, 1.807) is 0 Å². The minimum Gasteiger partial charge on any atom is -0.494 e. The monoisotopic (exact) mass is 295 g/mol. The van der Waals surface area contributed by atoms with Crippen LogP contribution in [0.2, 0.25) is 0 Å². The molecule has 1 rings (SSSR count). The topological polar surface area (TPSA) is 21.3 Å². The van der Waals surface area contributed by atoms with Gasteiger partial charge in [0.05, 0.1) is 6.61 Å². The van der Waals surface area contributed by atoms with E-state index in [2.05, 4.69) is 50.4 Å². The molecule has 0 bridgehead atoms. The van der Waals surface area contributed by atoms with Crippen molar-refractivity contribution in [1.29, 1.82) is 0 Å². The third kappa shape index (κ3) is 6.19. The van der Waals surface area contributed by atoms with E-state index in [0.717, 1.165) is 30.4 Å². The van der Waals surface area contributed by atoms with Crippen LogP contribution in [-0.2, 0) is 0 Å². The first-order valence-electron chi connectivity index (χ1n) is 7.69. The molecule has 20 heavy (non-hydrogen) atoms. The van der Waals surface area contributed by atoms with Gasteiger partial charge in [0.25, 0.3) is 0 Å². The molecule has 1 N–H and O–H groups in total. The normalized spacial score (nSPS) is 14.0. The molecule has 0 aliphatic carbocycles. The fraction of sp³-hybridized carbons (Fsp3) is 0.647. The summed E-state index contributed by atoms with van der Waals surface area (Å²) < 4.78 is 5.63. The Morgan fingerprint density at radius 1 is 1.15 bits per heavy atom. The van der Waals surface area contributed by atoms with Gasteiger partial charge in [-0.2, -0.15) is 11.8 Å². The molecule has 1 aromatic rings. The summed E-state index contributed by atoms with van der Waals surface area (Å²) in [6, 6.07) is 8.93. The van der Waals surface area contributed by atoms with Crippen molar-refractivity contribution in [2.24, 2.45) is 5.92 Å². The summed E-state index contributed by atoms with van der Waals surface area (Å²) in [4.78, 5) is 0. The Kier molecular flexibility index (Phi) is 8.79. The Balaban J connectivity index is 2.47. The molecule has 3 heteroatoms. The molecular formula is C17H29NOS. The third-order valence-electron chi connectivity index (χ3n) is 3.49. The highest BCUT2D eigenvalue weighted by Gasteiger charge is 2.10. The van der Waals surface area contributed by atoms with Crippen molar-refractivity contribution in [3.63, 3.8) is 0 Å². The van der Waals surface area contributed by atoms with Gasteiger partial charge >= 0.3 is 0 Å². The highest BCUT2D eigenvalue weighted by atomic mass is 32.2. The lowest BCUT2D eigenvalue weighted by molar-refractivity contribution is 0.317. The lowest BCUT2D eigenvalue weighted by atomic mass is 10.1. The molecule has 0 radical (unpaired) electrons. The molecule has 114 valence electrons. The first-order chi connectivity index (χ1) is 9.71. The Labute approximate surface area is 128 Å². The van der Waals surface area contributed by atoms with Gasteiger partial charge in [-0.1, -0.05) is 39.3 Å². The third-order valence-corrected chi connectivity index (χ3v) is 4.86. The van der Waals surface area contributed by atoms with Crippen LogP contribution in [0.1, 0.15) is 45.2 Å². The molecule has 0 amide bonds. The summed E-state index contributed by atoms with van der Waals surface area (Å²) in [7, 11) is 2.04. The average molecular weight is 295 g/mol. The summed E-state index contributed by atoms with van der Waals surface area (Å²) in [5.41, 5.74) is 1.34. The fourth-order valence-corrected chi connectivity index (χ4v) is 3.24. The highest BCUT2D eigenvalue weighted by molar-refractivity contribution is 7.99. The molecule has 2 nitrogen and oxygen atoms in total. The van der Waals surface area contributed by atoms with Gasteiger partial charge in [-0.15, -0.1) is 0 Å². The number of rotatable bonds is 10. The maximum Gasteiger partial charge on any atom is 0.119 e. The van der Waals surface area contributed by atoms with Gasteiger partial charge in [0.15, 0.2) is 0 Å². The Morgan fingerprint density at radius 2 is 1.85 bits per heavy atom. The zero-order valence-electron chi connectivity index (χ0n) is 13.3. The number of thioether (sulfide) groups is 1. The Hall–Kier alpha value is -0.670. The second kappa shape index (κ2) is 10.1. The zero-order chi connectivity index (χ0) is 14.8. The van der Waals surface area contributed by atoms with Crippen LogP contribution in [0.15, 0.2) is 24.3 Å². The molecule has 0 fully saturated rings. The van der Waals surface area contributed by atoms with Crippen molar-refractivity contribution >= 4 is 11.8 Å². The first kappa shape index (κ1) is 17.4. The van der Waals surface area contributed by atoms with Gasteiger partial charge in [0.1, 0.15) is 5.75 Å². The predicted octanol–water partition coefficient (Wildman–Crippen LogP) is 4.52. The van der Waals surface area contributed by atoms with Crippen molar-refractivity contribution in [2.45, 2.75) is 39.7 Å². The molecule has 0 spiro atoms. The quantitative estimate of drug-likeness (QED) is 0.686. The molecule has 0 saturated heterocycles. The van der Waals surface area contributed by atoms with E-state index in [1.807, 2.05) is 18.8 Å². The maximum absolute atomic E-state index is 5.63. The SMILES string of the molecule is CCCOc1ccc(C(CSCC(C)CC)NC)cc1. The average Bonchev–Trinajstić information content (AvgIpc) is 2.50. The van der Waals surface area contributed by atoms with Crippen LogP contribution in [-0.4, -0.2) is 25.2 Å². The smallest absolute Gasteiger partial charge is 0.119 e. The summed E-state index contributed by atoms with van der Waals surface area (Å²) in [5, 5.41) is 3.41. The summed E-state index contributed by atoms with van der Waals surface area (Å²) >= 11 is 2.04. The van der Waals surface area contributed by atoms with Gasteiger partial charge in [0, 0.05) is 11.8 Å². The zero-order valence-corrected chi connectivity index (χ0v) is 14.1. The van der Waals surface area contributed by atoms with E-state index in [0.29, 0.717) is 6.04 Å². The van der Waals surface area contributed by atoms with Crippen molar-refractivity contribution in [1.82, 2.24) is 5.32 Å². The van der Waals surface area contributed by atoms with E-state index < -0.39 is 0 Å². The van der Waals surface area contributed by atoms with Crippen molar-refractivity contribution in [2.75, 3.05) is 25.2 Å². The van der Waals surface area contributed by atoms with Crippen LogP contribution in [0.5, 0.6) is 5.75 Å². The number of benzene rings is 1. The van der Waals surface area contributed by atoms with Crippen LogP contribution < -0.4 is 10.1 Å². The predicted molar refractivity (Wildman–Crippen MR) is 90.8 cm³/mol.